The Morgan fingerprint density at radius 2 is 0.960 bits per heavy atom. The van der Waals surface area contributed by atoms with E-state index in [-0.39, 0.29) is 0 Å². The van der Waals surface area contributed by atoms with Gasteiger partial charge in [-0.1, -0.05) is 91.0 Å². The largest absolute Gasteiger partial charge is 0.390 e. The van der Waals surface area contributed by atoms with Crippen molar-refractivity contribution in [3.05, 3.63) is 108 Å². The van der Waals surface area contributed by atoms with Crippen LogP contribution < -0.4 is 0 Å². The summed E-state index contributed by atoms with van der Waals surface area (Å²) in [4.78, 5) is 0. The van der Waals surface area contributed by atoms with Crippen molar-refractivity contribution in [3.63, 3.8) is 0 Å². The normalized spacial score (nSPS) is 14.0. The summed E-state index contributed by atoms with van der Waals surface area (Å²) in [6.07, 6.45) is -0.833. The molecule has 3 aromatic rings. The van der Waals surface area contributed by atoms with Gasteiger partial charge in [0, 0.05) is 0 Å². The highest BCUT2D eigenvalue weighted by Crippen LogP contribution is 2.50. The molecule has 0 amide bonds. The zero-order chi connectivity index (χ0) is 17.7. The SMILES string of the molecule is CC(O)C(O)SC(c1ccccc1)(c1ccccc1)c1ccccc1. The summed E-state index contributed by atoms with van der Waals surface area (Å²) >= 11 is 1.37. The molecule has 0 radical (unpaired) electrons. The summed E-state index contributed by atoms with van der Waals surface area (Å²) < 4.78 is -0.611. The van der Waals surface area contributed by atoms with Gasteiger partial charge in [0.05, 0.1) is 10.9 Å². The summed E-state index contributed by atoms with van der Waals surface area (Å²) in [6.45, 7) is 1.61. The maximum atomic E-state index is 10.6. The second-order valence-electron chi connectivity index (χ2n) is 6.03. The van der Waals surface area contributed by atoms with Gasteiger partial charge < -0.3 is 10.2 Å². The van der Waals surface area contributed by atoms with Gasteiger partial charge in [0.1, 0.15) is 5.44 Å². The van der Waals surface area contributed by atoms with Crippen molar-refractivity contribution in [2.75, 3.05) is 0 Å². The Morgan fingerprint density at radius 1 is 0.640 bits per heavy atom. The van der Waals surface area contributed by atoms with Crippen LogP contribution in [0.1, 0.15) is 23.6 Å². The van der Waals surface area contributed by atoms with Crippen LogP contribution in [0.3, 0.4) is 0 Å². The molecular formula is C22H22O2S. The molecular weight excluding hydrogens is 328 g/mol. The smallest absolute Gasteiger partial charge is 0.126 e. The second-order valence-corrected chi connectivity index (χ2v) is 7.36. The van der Waals surface area contributed by atoms with Gasteiger partial charge in [-0.25, -0.2) is 0 Å². The number of thioether (sulfide) groups is 1. The number of rotatable bonds is 6. The zero-order valence-corrected chi connectivity index (χ0v) is 14.9. The first kappa shape index (κ1) is 17.7. The summed E-state index contributed by atoms with van der Waals surface area (Å²) in [5, 5.41) is 20.5. The van der Waals surface area contributed by atoms with Gasteiger partial charge >= 0.3 is 0 Å². The van der Waals surface area contributed by atoms with Crippen LogP contribution in [-0.2, 0) is 4.75 Å². The van der Waals surface area contributed by atoms with Gasteiger partial charge in [-0.2, -0.15) is 0 Å². The quantitative estimate of drug-likeness (QED) is 0.511. The lowest BCUT2D eigenvalue weighted by molar-refractivity contribution is 0.0867. The Hall–Kier alpha value is -2.07. The standard InChI is InChI=1S/C22H22O2S/c1-17(23)21(24)25-22(18-11-5-2-6-12-18,19-13-7-3-8-14-19)20-15-9-4-10-16-20/h2-17,21,23-24H,1H3. The minimum Gasteiger partial charge on any atom is -0.390 e. The fourth-order valence-electron chi connectivity index (χ4n) is 3.00. The fraction of sp³-hybridized carbons (Fsp3) is 0.182. The molecule has 3 aromatic carbocycles. The van der Waals surface area contributed by atoms with E-state index in [1.165, 1.54) is 11.8 Å². The lowest BCUT2D eigenvalue weighted by Gasteiger charge is -2.37. The number of aliphatic hydroxyl groups excluding tert-OH is 2. The second kappa shape index (κ2) is 7.87. The van der Waals surface area contributed by atoms with Crippen LogP contribution in [0.5, 0.6) is 0 Å². The predicted molar refractivity (Wildman–Crippen MR) is 104 cm³/mol. The van der Waals surface area contributed by atoms with E-state index in [0.717, 1.165) is 16.7 Å². The average Bonchev–Trinajstić information content (AvgIpc) is 2.68. The van der Waals surface area contributed by atoms with E-state index in [9.17, 15) is 10.2 Å². The summed E-state index contributed by atoms with van der Waals surface area (Å²) in [5.41, 5.74) is 2.28. The van der Waals surface area contributed by atoms with Crippen molar-refractivity contribution < 1.29 is 10.2 Å². The van der Waals surface area contributed by atoms with E-state index in [4.69, 9.17) is 0 Å². The fourth-order valence-corrected chi connectivity index (χ4v) is 4.38. The van der Waals surface area contributed by atoms with E-state index in [1.54, 1.807) is 6.92 Å². The molecule has 2 unspecified atom stereocenters. The number of aliphatic hydroxyl groups is 2. The van der Waals surface area contributed by atoms with E-state index in [2.05, 4.69) is 36.4 Å². The first-order valence-corrected chi connectivity index (χ1v) is 9.23. The van der Waals surface area contributed by atoms with Crippen molar-refractivity contribution in [1.82, 2.24) is 0 Å². The molecule has 0 aliphatic carbocycles. The van der Waals surface area contributed by atoms with Gasteiger partial charge in [-0.05, 0) is 23.6 Å². The molecule has 128 valence electrons. The topological polar surface area (TPSA) is 40.5 Å². The molecule has 2 atom stereocenters. The first-order valence-electron chi connectivity index (χ1n) is 8.35. The molecule has 0 aliphatic rings. The van der Waals surface area contributed by atoms with Crippen LogP contribution >= 0.6 is 11.8 Å². The summed E-state index contributed by atoms with van der Waals surface area (Å²) in [5.74, 6) is 0. The first-order chi connectivity index (χ1) is 12.1. The van der Waals surface area contributed by atoms with Gasteiger partial charge in [-0.3, -0.25) is 0 Å². The van der Waals surface area contributed by atoms with E-state index in [0.29, 0.717) is 0 Å². The highest BCUT2D eigenvalue weighted by atomic mass is 32.2. The Balaban J connectivity index is 2.27. The van der Waals surface area contributed by atoms with Gasteiger partial charge in [-0.15, -0.1) is 11.8 Å². The zero-order valence-electron chi connectivity index (χ0n) is 14.1. The Labute approximate surface area is 153 Å². The van der Waals surface area contributed by atoms with Crippen LogP contribution in [0.25, 0.3) is 0 Å². The molecule has 0 saturated carbocycles. The maximum absolute atomic E-state index is 10.6. The third-order valence-electron chi connectivity index (χ3n) is 4.25. The predicted octanol–water partition coefficient (Wildman–Crippen LogP) is 4.41. The summed E-state index contributed by atoms with van der Waals surface area (Å²) in [7, 11) is 0. The molecule has 0 heterocycles. The Bertz CT molecular complexity index is 676. The molecule has 0 fully saturated rings. The highest BCUT2D eigenvalue weighted by Gasteiger charge is 2.39. The molecule has 2 nitrogen and oxygen atoms in total. The Kier molecular flexibility index (Phi) is 5.59. The van der Waals surface area contributed by atoms with Crippen molar-refractivity contribution in [1.29, 1.82) is 0 Å². The lowest BCUT2D eigenvalue weighted by Crippen LogP contribution is -2.32. The minimum absolute atomic E-state index is 0.611. The maximum Gasteiger partial charge on any atom is 0.126 e. The van der Waals surface area contributed by atoms with Crippen LogP contribution in [0.15, 0.2) is 91.0 Å². The van der Waals surface area contributed by atoms with E-state index in [1.807, 2.05) is 54.6 Å². The highest BCUT2D eigenvalue weighted by molar-refractivity contribution is 8.01. The van der Waals surface area contributed by atoms with Crippen molar-refractivity contribution >= 4 is 11.8 Å². The third kappa shape index (κ3) is 3.64. The van der Waals surface area contributed by atoms with Crippen molar-refractivity contribution in [2.45, 2.75) is 23.2 Å². The van der Waals surface area contributed by atoms with E-state index < -0.39 is 16.3 Å². The molecule has 3 rings (SSSR count). The molecule has 0 aliphatic heterocycles. The molecule has 0 bridgehead atoms. The number of benzene rings is 3. The number of hydrogen-bond donors (Lipinski definition) is 2. The van der Waals surface area contributed by atoms with Crippen LogP contribution in [0.2, 0.25) is 0 Å². The molecule has 0 spiro atoms. The molecule has 0 saturated heterocycles. The Morgan fingerprint density at radius 3 is 1.24 bits per heavy atom. The van der Waals surface area contributed by atoms with Crippen LogP contribution in [0, 0.1) is 0 Å². The molecule has 25 heavy (non-hydrogen) atoms. The van der Waals surface area contributed by atoms with Crippen LogP contribution in [0.4, 0.5) is 0 Å². The minimum atomic E-state index is -0.916. The lowest BCUT2D eigenvalue weighted by atomic mass is 9.84. The monoisotopic (exact) mass is 350 g/mol. The van der Waals surface area contributed by atoms with Gasteiger partial charge in [0.15, 0.2) is 0 Å². The van der Waals surface area contributed by atoms with Crippen molar-refractivity contribution in [2.24, 2.45) is 0 Å². The molecule has 0 aromatic heterocycles. The van der Waals surface area contributed by atoms with Gasteiger partial charge in [0.2, 0.25) is 0 Å². The third-order valence-corrected chi connectivity index (χ3v) is 5.95. The summed E-state index contributed by atoms with van der Waals surface area (Å²) in [6, 6.07) is 30.4. The van der Waals surface area contributed by atoms with Crippen LogP contribution in [-0.4, -0.2) is 21.8 Å². The van der Waals surface area contributed by atoms with Gasteiger partial charge in [0.25, 0.3) is 0 Å². The van der Waals surface area contributed by atoms with E-state index >= 15 is 0 Å². The molecule has 2 N–H and O–H groups in total. The number of hydrogen-bond acceptors (Lipinski definition) is 3. The molecule has 3 heteroatoms. The average molecular weight is 350 g/mol. The van der Waals surface area contributed by atoms with Crippen molar-refractivity contribution in [3.8, 4) is 0 Å².